The molecular weight excluding hydrogens is 362 g/mol. The highest BCUT2D eigenvalue weighted by atomic mass is 32.1. The van der Waals surface area contributed by atoms with E-state index in [1.165, 1.54) is 10.4 Å². The molecule has 0 spiro atoms. The standard InChI is InChI=1S/C20H27N3O3S/c24-18-3-1-8-21(18)9-2-10-22-14-16(4-5-19(22)25)20(26)23-11-6-17-15(13-23)7-12-27-17/h7,12,16H,1-6,8-11,13-14H2/t16-/m0/s1. The van der Waals surface area contributed by atoms with Gasteiger partial charge in [0.2, 0.25) is 17.7 Å². The minimum Gasteiger partial charge on any atom is -0.343 e. The zero-order valence-electron chi connectivity index (χ0n) is 15.7. The van der Waals surface area contributed by atoms with Crippen molar-refractivity contribution in [1.29, 1.82) is 0 Å². The fraction of sp³-hybridized carbons (Fsp3) is 0.650. The van der Waals surface area contributed by atoms with Gasteiger partial charge in [0.1, 0.15) is 0 Å². The van der Waals surface area contributed by atoms with Crippen molar-refractivity contribution in [2.24, 2.45) is 5.92 Å². The van der Waals surface area contributed by atoms with Crippen LogP contribution in [0.15, 0.2) is 11.4 Å². The molecule has 3 amide bonds. The van der Waals surface area contributed by atoms with Crippen LogP contribution in [-0.2, 0) is 27.3 Å². The largest absolute Gasteiger partial charge is 0.343 e. The van der Waals surface area contributed by atoms with Gasteiger partial charge in [-0.25, -0.2) is 0 Å². The number of rotatable bonds is 5. The normalized spacial score (nSPS) is 23.1. The number of carbonyl (C=O) groups excluding carboxylic acids is 3. The fourth-order valence-corrected chi connectivity index (χ4v) is 5.31. The maximum Gasteiger partial charge on any atom is 0.227 e. The second-order valence-corrected chi connectivity index (χ2v) is 8.79. The van der Waals surface area contributed by atoms with Gasteiger partial charge in [0, 0.05) is 57.0 Å². The van der Waals surface area contributed by atoms with Gasteiger partial charge in [-0.1, -0.05) is 0 Å². The predicted octanol–water partition coefficient (Wildman–Crippen LogP) is 1.88. The maximum absolute atomic E-state index is 13.0. The zero-order valence-corrected chi connectivity index (χ0v) is 16.5. The van der Waals surface area contributed by atoms with E-state index in [2.05, 4.69) is 11.4 Å². The number of hydrogen-bond acceptors (Lipinski definition) is 4. The van der Waals surface area contributed by atoms with Gasteiger partial charge in [-0.15, -0.1) is 11.3 Å². The lowest BCUT2D eigenvalue weighted by Crippen LogP contribution is -2.48. The molecule has 0 N–H and O–H groups in total. The first-order valence-corrected chi connectivity index (χ1v) is 10.9. The Morgan fingerprint density at radius 3 is 2.70 bits per heavy atom. The molecule has 146 valence electrons. The van der Waals surface area contributed by atoms with Crippen molar-refractivity contribution in [2.75, 3.05) is 32.7 Å². The number of amides is 3. The van der Waals surface area contributed by atoms with Crippen LogP contribution in [0.5, 0.6) is 0 Å². The van der Waals surface area contributed by atoms with Gasteiger partial charge in [-0.3, -0.25) is 14.4 Å². The van der Waals surface area contributed by atoms with E-state index in [9.17, 15) is 14.4 Å². The molecule has 0 saturated carbocycles. The van der Waals surface area contributed by atoms with E-state index in [-0.39, 0.29) is 23.6 Å². The number of thiophene rings is 1. The molecule has 0 bridgehead atoms. The third-order valence-electron chi connectivity index (χ3n) is 6.00. The quantitative estimate of drug-likeness (QED) is 0.773. The monoisotopic (exact) mass is 389 g/mol. The molecule has 0 unspecified atom stereocenters. The smallest absolute Gasteiger partial charge is 0.227 e. The first-order chi connectivity index (χ1) is 13.1. The number of carbonyl (C=O) groups is 3. The van der Waals surface area contributed by atoms with Crippen LogP contribution in [0.3, 0.4) is 0 Å². The van der Waals surface area contributed by atoms with Gasteiger partial charge in [0.05, 0.1) is 5.92 Å². The van der Waals surface area contributed by atoms with Crippen molar-refractivity contribution in [3.05, 3.63) is 21.9 Å². The number of fused-ring (bicyclic) bond motifs is 1. The lowest BCUT2D eigenvalue weighted by molar-refractivity contribution is -0.143. The lowest BCUT2D eigenvalue weighted by Gasteiger charge is -2.36. The van der Waals surface area contributed by atoms with Crippen LogP contribution in [0.4, 0.5) is 0 Å². The molecule has 7 heteroatoms. The summed E-state index contributed by atoms with van der Waals surface area (Å²) >= 11 is 1.78. The molecule has 1 aromatic heterocycles. The fourth-order valence-electron chi connectivity index (χ4n) is 4.42. The Hall–Kier alpha value is -1.89. The van der Waals surface area contributed by atoms with E-state index in [1.807, 2.05) is 14.7 Å². The molecule has 27 heavy (non-hydrogen) atoms. The molecule has 4 heterocycles. The molecule has 0 aromatic carbocycles. The first-order valence-electron chi connectivity index (χ1n) is 10.0. The number of piperidine rings is 1. The van der Waals surface area contributed by atoms with Crippen molar-refractivity contribution >= 4 is 29.1 Å². The molecule has 4 rings (SSSR count). The van der Waals surface area contributed by atoms with Crippen molar-refractivity contribution in [2.45, 2.75) is 45.1 Å². The minimum atomic E-state index is -0.0868. The summed E-state index contributed by atoms with van der Waals surface area (Å²) in [5, 5.41) is 2.10. The van der Waals surface area contributed by atoms with Crippen LogP contribution in [0.1, 0.15) is 42.5 Å². The van der Waals surface area contributed by atoms with Crippen molar-refractivity contribution < 1.29 is 14.4 Å². The molecule has 3 aliphatic heterocycles. The lowest BCUT2D eigenvalue weighted by atomic mass is 9.94. The first kappa shape index (κ1) is 18.5. The SMILES string of the molecule is O=C1CCCN1CCCN1C[C@@H](C(=O)N2CCc3sccc3C2)CCC1=O. The molecule has 0 aliphatic carbocycles. The van der Waals surface area contributed by atoms with Crippen molar-refractivity contribution in [3.63, 3.8) is 0 Å². The van der Waals surface area contributed by atoms with Crippen LogP contribution in [0.25, 0.3) is 0 Å². The summed E-state index contributed by atoms with van der Waals surface area (Å²) in [6.45, 7) is 4.22. The molecule has 1 aromatic rings. The molecule has 1 atom stereocenters. The van der Waals surface area contributed by atoms with Crippen molar-refractivity contribution in [1.82, 2.24) is 14.7 Å². The Morgan fingerprint density at radius 1 is 1.07 bits per heavy atom. The van der Waals surface area contributed by atoms with Gasteiger partial charge in [-0.2, -0.15) is 0 Å². The Kier molecular flexibility index (Phi) is 5.48. The van der Waals surface area contributed by atoms with Crippen LogP contribution in [0.2, 0.25) is 0 Å². The minimum absolute atomic E-state index is 0.0868. The van der Waals surface area contributed by atoms with Gasteiger partial charge < -0.3 is 14.7 Å². The molecule has 2 fully saturated rings. The van der Waals surface area contributed by atoms with Gasteiger partial charge >= 0.3 is 0 Å². The van der Waals surface area contributed by atoms with E-state index in [0.717, 1.165) is 32.4 Å². The van der Waals surface area contributed by atoms with Gasteiger partial charge in [0.25, 0.3) is 0 Å². The Labute approximate surface area is 164 Å². The molecule has 2 saturated heterocycles. The summed E-state index contributed by atoms with van der Waals surface area (Å²) in [7, 11) is 0. The highest BCUT2D eigenvalue weighted by Gasteiger charge is 2.34. The van der Waals surface area contributed by atoms with E-state index in [0.29, 0.717) is 45.4 Å². The second kappa shape index (κ2) is 8.00. The van der Waals surface area contributed by atoms with Gasteiger partial charge in [0.15, 0.2) is 0 Å². The van der Waals surface area contributed by atoms with Crippen molar-refractivity contribution in [3.8, 4) is 0 Å². The number of hydrogen-bond donors (Lipinski definition) is 0. The average Bonchev–Trinajstić information content (AvgIpc) is 3.31. The summed E-state index contributed by atoms with van der Waals surface area (Å²) in [5.74, 6) is 0.479. The Balaban J connectivity index is 1.29. The number of nitrogens with zero attached hydrogens (tertiary/aromatic N) is 3. The zero-order chi connectivity index (χ0) is 18.8. The maximum atomic E-state index is 13.0. The third-order valence-corrected chi connectivity index (χ3v) is 7.02. The molecule has 6 nitrogen and oxygen atoms in total. The summed E-state index contributed by atoms with van der Waals surface area (Å²) < 4.78 is 0. The second-order valence-electron chi connectivity index (χ2n) is 7.79. The average molecular weight is 390 g/mol. The Bertz CT molecular complexity index is 732. The third kappa shape index (κ3) is 4.03. The highest BCUT2D eigenvalue weighted by Crippen LogP contribution is 2.27. The van der Waals surface area contributed by atoms with Gasteiger partial charge in [-0.05, 0) is 42.7 Å². The van der Waals surface area contributed by atoms with E-state index < -0.39 is 0 Å². The predicted molar refractivity (Wildman–Crippen MR) is 103 cm³/mol. The van der Waals surface area contributed by atoms with E-state index in [4.69, 9.17) is 0 Å². The molecule has 0 radical (unpaired) electrons. The van der Waals surface area contributed by atoms with Crippen LogP contribution in [0, 0.1) is 5.92 Å². The summed E-state index contributed by atoms with van der Waals surface area (Å²) in [6, 6.07) is 2.12. The van der Waals surface area contributed by atoms with E-state index >= 15 is 0 Å². The summed E-state index contributed by atoms with van der Waals surface area (Å²) in [4.78, 5) is 44.1. The van der Waals surface area contributed by atoms with E-state index in [1.54, 1.807) is 11.3 Å². The number of likely N-dealkylation sites (tertiary alicyclic amines) is 2. The highest BCUT2D eigenvalue weighted by molar-refractivity contribution is 7.10. The summed E-state index contributed by atoms with van der Waals surface area (Å²) in [6.07, 6.45) is 4.45. The van der Waals surface area contributed by atoms with Crippen LogP contribution >= 0.6 is 11.3 Å². The topological polar surface area (TPSA) is 60.9 Å². The molecular formula is C20H27N3O3S. The molecule has 3 aliphatic rings. The summed E-state index contributed by atoms with van der Waals surface area (Å²) in [5.41, 5.74) is 1.28. The van der Waals surface area contributed by atoms with Crippen LogP contribution < -0.4 is 0 Å². The Morgan fingerprint density at radius 2 is 1.89 bits per heavy atom. The van der Waals surface area contributed by atoms with Crippen LogP contribution in [-0.4, -0.2) is 65.1 Å².